The molecule has 2 aromatic rings. The summed E-state index contributed by atoms with van der Waals surface area (Å²) >= 11 is 11.7. The molecule has 0 aliphatic carbocycles. The highest BCUT2D eigenvalue weighted by Crippen LogP contribution is 2.23. The molecule has 0 saturated heterocycles. The highest BCUT2D eigenvalue weighted by Gasteiger charge is 2.08. The van der Waals surface area contributed by atoms with E-state index in [1.165, 1.54) is 12.1 Å². The number of halogens is 3. The predicted octanol–water partition coefficient (Wildman–Crippen LogP) is 4.28. The van der Waals surface area contributed by atoms with Crippen LogP contribution in [0.15, 0.2) is 42.5 Å². The van der Waals surface area contributed by atoms with Gasteiger partial charge in [0.15, 0.2) is 0 Å². The Hall–Kier alpha value is -1.29. The van der Waals surface area contributed by atoms with Crippen LogP contribution in [0.3, 0.4) is 0 Å². The minimum absolute atomic E-state index is 0.236. The smallest absolute Gasteiger partial charge is 0.123 e. The van der Waals surface area contributed by atoms with Crippen molar-refractivity contribution < 1.29 is 9.50 Å². The monoisotopic (exact) mass is 299 g/mol. The minimum Gasteiger partial charge on any atom is -0.387 e. The van der Waals surface area contributed by atoms with Crippen molar-refractivity contribution in [2.24, 2.45) is 0 Å². The van der Waals surface area contributed by atoms with Crippen molar-refractivity contribution in [1.29, 1.82) is 0 Å². The number of aliphatic hydroxyl groups is 1. The fraction of sp³-hybridized carbons (Fsp3) is 0.143. The van der Waals surface area contributed by atoms with Gasteiger partial charge in [0.25, 0.3) is 0 Å². The summed E-state index contributed by atoms with van der Waals surface area (Å²) in [6.07, 6.45) is -0.812. The van der Waals surface area contributed by atoms with Crippen molar-refractivity contribution in [3.8, 4) is 0 Å². The number of benzene rings is 2. The Balaban J connectivity index is 2.02. The fourth-order valence-corrected chi connectivity index (χ4v) is 2.23. The lowest BCUT2D eigenvalue weighted by atomic mass is 10.1. The van der Waals surface area contributed by atoms with Gasteiger partial charge in [-0.25, -0.2) is 4.39 Å². The van der Waals surface area contributed by atoms with Crippen LogP contribution in [-0.2, 0) is 0 Å². The highest BCUT2D eigenvalue weighted by atomic mass is 35.5. The Kier molecular flexibility index (Phi) is 4.64. The summed E-state index contributed by atoms with van der Waals surface area (Å²) in [5.74, 6) is -0.373. The molecule has 2 aromatic carbocycles. The van der Waals surface area contributed by atoms with E-state index in [2.05, 4.69) is 5.32 Å². The summed E-state index contributed by atoms with van der Waals surface area (Å²) < 4.78 is 13.0. The summed E-state index contributed by atoms with van der Waals surface area (Å²) in [5, 5.41) is 14.0. The Morgan fingerprint density at radius 3 is 2.42 bits per heavy atom. The van der Waals surface area contributed by atoms with E-state index in [4.69, 9.17) is 23.2 Å². The van der Waals surface area contributed by atoms with Gasteiger partial charge in [0.05, 0.1) is 6.10 Å². The molecule has 2 nitrogen and oxygen atoms in total. The van der Waals surface area contributed by atoms with Crippen molar-refractivity contribution in [1.82, 2.24) is 0 Å². The standard InChI is InChI=1S/C14H12Cl2FNO/c15-10-5-11(16)7-13(6-10)18-8-14(19)9-2-1-3-12(17)4-9/h1-7,14,18-19H,8H2. The van der Waals surface area contributed by atoms with Crippen molar-refractivity contribution in [3.05, 3.63) is 63.9 Å². The van der Waals surface area contributed by atoms with E-state index >= 15 is 0 Å². The highest BCUT2D eigenvalue weighted by molar-refractivity contribution is 6.35. The molecule has 0 spiro atoms. The van der Waals surface area contributed by atoms with Gasteiger partial charge >= 0.3 is 0 Å². The topological polar surface area (TPSA) is 32.3 Å². The van der Waals surface area contributed by atoms with Crippen LogP contribution in [0.4, 0.5) is 10.1 Å². The maximum Gasteiger partial charge on any atom is 0.123 e. The molecule has 0 saturated carbocycles. The SMILES string of the molecule is OC(CNc1cc(Cl)cc(Cl)c1)c1cccc(F)c1. The van der Waals surface area contributed by atoms with Gasteiger partial charge in [0.2, 0.25) is 0 Å². The van der Waals surface area contributed by atoms with Crippen molar-refractivity contribution in [2.75, 3.05) is 11.9 Å². The minimum atomic E-state index is -0.812. The Labute approximate surface area is 120 Å². The van der Waals surface area contributed by atoms with Crippen LogP contribution >= 0.6 is 23.2 Å². The summed E-state index contributed by atoms with van der Waals surface area (Å²) in [5.41, 5.74) is 1.22. The first-order chi connectivity index (χ1) is 9.04. The van der Waals surface area contributed by atoms with Crippen molar-refractivity contribution >= 4 is 28.9 Å². The molecule has 2 rings (SSSR count). The molecule has 1 unspecified atom stereocenters. The zero-order chi connectivity index (χ0) is 13.8. The second kappa shape index (κ2) is 6.24. The first-order valence-electron chi connectivity index (χ1n) is 5.68. The Morgan fingerprint density at radius 1 is 1.11 bits per heavy atom. The van der Waals surface area contributed by atoms with Crippen LogP contribution < -0.4 is 5.32 Å². The van der Waals surface area contributed by atoms with Crippen molar-refractivity contribution in [2.45, 2.75) is 6.10 Å². The number of rotatable bonds is 4. The van der Waals surface area contributed by atoms with Gasteiger partial charge in [-0.05, 0) is 35.9 Å². The first-order valence-corrected chi connectivity index (χ1v) is 6.43. The number of nitrogens with one attached hydrogen (secondary N) is 1. The van der Waals surface area contributed by atoms with E-state index < -0.39 is 6.10 Å². The van der Waals surface area contributed by atoms with E-state index in [0.29, 0.717) is 21.3 Å². The maximum atomic E-state index is 13.0. The van der Waals surface area contributed by atoms with Gasteiger partial charge < -0.3 is 10.4 Å². The zero-order valence-corrected chi connectivity index (χ0v) is 11.4. The number of hydrogen-bond donors (Lipinski definition) is 2. The van der Waals surface area contributed by atoms with E-state index in [-0.39, 0.29) is 12.4 Å². The zero-order valence-electron chi connectivity index (χ0n) is 9.91. The second-order valence-electron chi connectivity index (χ2n) is 4.11. The molecule has 1 atom stereocenters. The molecule has 0 heterocycles. The van der Waals surface area contributed by atoms with Crippen LogP contribution in [-0.4, -0.2) is 11.7 Å². The largest absolute Gasteiger partial charge is 0.387 e. The van der Waals surface area contributed by atoms with Crippen LogP contribution in [0.1, 0.15) is 11.7 Å². The molecule has 0 radical (unpaired) electrons. The third-order valence-electron chi connectivity index (χ3n) is 2.60. The third kappa shape index (κ3) is 4.10. The van der Waals surface area contributed by atoms with Crippen molar-refractivity contribution in [3.63, 3.8) is 0 Å². The van der Waals surface area contributed by atoms with Gasteiger partial charge in [-0.2, -0.15) is 0 Å². The van der Waals surface area contributed by atoms with E-state index in [1.807, 2.05) is 0 Å². The Morgan fingerprint density at radius 2 is 1.79 bits per heavy atom. The summed E-state index contributed by atoms with van der Waals surface area (Å²) in [7, 11) is 0. The van der Waals surface area contributed by atoms with E-state index in [1.54, 1.807) is 30.3 Å². The molecule has 0 amide bonds. The quantitative estimate of drug-likeness (QED) is 0.883. The number of anilines is 1. The van der Waals surface area contributed by atoms with Gasteiger partial charge in [0, 0.05) is 22.3 Å². The first kappa shape index (κ1) is 14.1. The lowest BCUT2D eigenvalue weighted by Gasteiger charge is -2.13. The number of hydrogen-bond acceptors (Lipinski definition) is 2. The van der Waals surface area contributed by atoms with Crippen LogP contribution in [0.2, 0.25) is 10.0 Å². The molecule has 0 fully saturated rings. The number of aliphatic hydroxyl groups excluding tert-OH is 1. The van der Waals surface area contributed by atoms with E-state index in [9.17, 15) is 9.50 Å². The van der Waals surface area contributed by atoms with Gasteiger partial charge in [-0.15, -0.1) is 0 Å². The summed E-state index contributed by atoms with van der Waals surface area (Å²) in [6.45, 7) is 0.236. The average molecular weight is 300 g/mol. The molecule has 100 valence electrons. The molecule has 0 aliphatic heterocycles. The molecule has 0 aliphatic rings. The molecule has 5 heteroatoms. The molecular weight excluding hydrogens is 288 g/mol. The van der Waals surface area contributed by atoms with E-state index in [0.717, 1.165) is 0 Å². The third-order valence-corrected chi connectivity index (χ3v) is 3.03. The average Bonchev–Trinajstić information content (AvgIpc) is 2.35. The fourth-order valence-electron chi connectivity index (χ4n) is 1.70. The molecule has 0 aromatic heterocycles. The maximum absolute atomic E-state index is 13.0. The lowest BCUT2D eigenvalue weighted by Crippen LogP contribution is -2.12. The molecule has 2 N–H and O–H groups in total. The molecule has 0 bridgehead atoms. The normalized spacial score (nSPS) is 12.2. The second-order valence-corrected chi connectivity index (χ2v) is 4.98. The molecular formula is C14H12Cl2FNO. The van der Waals surface area contributed by atoms with Gasteiger partial charge in [0.1, 0.15) is 5.82 Å². The van der Waals surface area contributed by atoms with Crippen LogP contribution in [0, 0.1) is 5.82 Å². The van der Waals surface area contributed by atoms with Crippen LogP contribution in [0.25, 0.3) is 0 Å². The summed E-state index contributed by atoms with van der Waals surface area (Å²) in [6, 6.07) is 10.9. The Bertz CT molecular complexity index is 557. The van der Waals surface area contributed by atoms with Crippen LogP contribution in [0.5, 0.6) is 0 Å². The van der Waals surface area contributed by atoms with Gasteiger partial charge in [-0.1, -0.05) is 35.3 Å². The summed E-state index contributed by atoms with van der Waals surface area (Å²) in [4.78, 5) is 0. The molecule has 19 heavy (non-hydrogen) atoms. The predicted molar refractivity (Wildman–Crippen MR) is 76.3 cm³/mol. The lowest BCUT2D eigenvalue weighted by molar-refractivity contribution is 0.191. The van der Waals surface area contributed by atoms with Gasteiger partial charge in [-0.3, -0.25) is 0 Å².